The number of anilines is 1. The van der Waals surface area contributed by atoms with Crippen LogP contribution in [0.3, 0.4) is 0 Å². The van der Waals surface area contributed by atoms with E-state index in [-0.39, 0.29) is 17.8 Å². The summed E-state index contributed by atoms with van der Waals surface area (Å²) in [5.41, 5.74) is 0.407. The molecule has 1 saturated heterocycles. The summed E-state index contributed by atoms with van der Waals surface area (Å²) in [6.45, 7) is 4.75. The molecule has 2 aromatic rings. The number of ether oxygens (including phenoxy) is 1. The van der Waals surface area contributed by atoms with Crippen molar-refractivity contribution >= 4 is 5.82 Å². The van der Waals surface area contributed by atoms with Crippen LogP contribution >= 0.6 is 0 Å². The Morgan fingerprint density at radius 1 is 1.41 bits per heavy atom. The molecular weight excluding hydrogens is 289 g/mol. The second-order valence-corrected chi connectivity index (χ2v) is 5.24. The predicted octanol–water partition coefficient (Wildman–Crippen LogP) is 2.06. The lowest BCUT2D eigenvalue weighted by molar-refractivity contribution is 0.0649. The zero-order chi connectivity index (χ0) is 15.5. The van der Waals surface area contributed by atoms with Crippen LogP contribution in [0.2, 0.25) is 0 Å². The lowest BCUT2D eigenvalue weighted by Gasteiger charge is -2.16. The average Bonchev–Trinajstić information content (AvgIpc) is 3.14. The molecule has 1 aliphatic heterocycles. The lowest BCUT2D eigenvalue weighted by atomic mass is 10.0. The van der Waals surface area contributed by atoms with Gasteiger partial charge in [-0.3, -0.25) is 0 Å². The maximum absolute atomic E-state index is 14.1. The third-order valence-electron chi connectivity index (χ3n) is 3.73. The summed E-state index contributed by atoms with van der Waals surface area (Å²) in [7, 11) is 0. The normalized spacial score (nSPS) is 21.2. The molecule has 0 saturated carbocycles. The summed E-state index contributed by atoms with van der Waals surface area (Å²) in [6.07, 6.45) is 2.48. The maximum Gasteiger partial charge on any atom is 0.256 e. The predicted molar refractivity (Wildman–Crippen MR) is 75.7 cm³/mol. The van der Waals surface area contributed by atoms with Gasteiger partial charge in [-0.25, -0.2) is 14.4 Å². The summed E-state index contributed by atoms with van der Waals surface area (Å²) in [5.74, 6) is 0.999. The van der Waals surface area contributed by atoms with Gasteiger partial charge in [0.05, 0.1) is 5.69 Å². The van der Waals surface area contributed by atoms with Crippen LogP contribution < -0.4 is 5.32 Å². The van der Waals surface area contributed by atoms with Crippen molar-refractivity contribution in [2.75, 3.05) is 18.5 Å². The van der Waals surface area contributed by atoms with Crippen molar-refractivity contribution in [1.29, 1.82) is 0 Å². The number of aryl methyl sites for hydroxylation is 2. The Balaban J connectivity index is 1.68. The van der Waals surface area contributed by atoms with E-state index >= 15 is 0 Å². The highest BCUT2D eigenvalue weighted by Gasteiger charge is 2.34. The molecule has 3 rings (SSSR count). The number of hydrogen-bond acceptors (Lipinski definition) is 7. The van der Waals surface area contributed by atoms with Gasteiger partial charge < -0.3 is 14.6 Å². The molecule has 1 N–H and O–H groups in total. The van der Waals surface area contributed by atoms with Gasteiger partial charge in [-0.05, 0) is 19.8 Å². The van der Waals surface area contributed by atoms with Gasteiger partial charge >= 0.3 is 0 Å². The van der Waals surface area contributed by atoms with Crippen molar-refractivity contribution in [1.82, 2.24) is 20.1 Å². The number of rotatable bonds is 5. The molecule has 2 atom stereocenters. The van der Waals surface area contributed by atoms with Gasteiger partial charge in [0.25, 0.3) is 5.89 Å². The van der Waals surface area contributed by atoms with Crippen molar-refractivity contribution in [3.8, 4) is 0 Å². The minimum atomic E-state index is -0.394. The molecule has 8 heteroatoms. The van der Waals surface area contributed by atoms with Gasteiger partial charge in [0.2, 0.25) is 0 Å². The Morgan fingerprint density at radius 3 is 3.00 bits per heavy atom. The maximum atomic E-state index is 14.1. The first kappa shape index (κ1) is 14.8. The Labute approximate surface area is 127 Å². The molecule has 0 amide bonds. The van der Waals surface area contributed by atoms with E-state index in [0.717, 1.165) is 6.42 Å². The first-order chi connectivity index (χ1) is 10.7. The van der Waals surface area contributed by atoms with Crippen LogP contribution in [0, 0.1) is 18.7 Å². The van der Waals surface area contributed by atoms with E-state index in [4.69, 9.17) is 9.26 Å². The largest absolute Gasteiger partial charge is 0.368 e. The fourth-order valence-electron chi connectivity index (χ4n) is 2.55. The molecule has 2 aromatic heterocycles. The second kappa shape index (κ2) is 6.35. The van der Waals surface area contributed by atoms with E-state index in [1.54, 1.807) is 6.92 Å². The molecule has 22 heavy (non-hydrogen) atoms. The van der Waals surface area contributed by atoms with Crippen LogP contribution in [-0.2, 0) is 11.2 Å². The minimum Gasteiger partial charge on any atom is -0.368 e. The number of nitrogens with one attached hydrogen (secondary N) is 1. The van der Waals surface area contributed by atoms with E-state index in [1.807, 2.05) is 6.92 Å². The summed E-state index contributed by atoms with van der Waals surface area (Å²) in [6, 6.07) is 0. The summed E-state index contributed by atoms with van der Waals surface area (Å²) < 4.78 is 25.0. The van der Waals surface area contributed by atoms with Crippen molar-refractivity contribution in [2.45, 2.75) is 32.8 Å². The lowest BCUT2D eigenvalue weighted by Crippen LogP contribution is -2.19. The van der Waals surface area contributed by atoms with Crippen LogP contribution in [0.25, 0.3) is 0 Å². The Morgan fingerprint density at radius 2 is 2.27 bits per heavy atom. The highest BCUT2D eigenvalue weighted by molar-refractivity contribution is 5.37. The van der Waals surface area contributed by atoms with Gasteiger partial charge in [-0.1, -0.05) is 12.1 Å². The van der Waals surface area contributed by atoms with Crippen LogP contribution in [0.15, 0.2) is 10.9 Å². The molecule has 0 spiro atoms. The summed E-state index contributed by atoms with van der Waals surface area (Å²) >= 11 is 0. The van der Waals surface area contributed by atoms with Gasteiger partial charge in [-0.15, -0.1) is 0 Å². The molecule has 0 aromatic carbocycles. The molecule has 3 heterocycles. The SMILES string of the molecule is CCc1ncnc(NC[C@@H]2CCO[C@@H]2c2nc(C)no2)c1F. The van der Waals surface area contributed by atoms with Crippen LogP contribution in [-0.4, -0.2) is 33.3 Å². The highest BCUT2D eigenvalue weighted by atomic mass is 19.1. The number of halogens is 1. The molecule has 1 aliphatic rings. The smallest absolute Gasteiger partial charge is 0.256 e. The Hall–Kier alpha value is -2.09. The van der Waals surface area contributed by atoms with Crippen molar-refractivity contribution < 1.29 is 13.7 Å². The zero-order valence-electron chi connectivity index (χ0n) is 12.5. The van der Waals surface area contributed by atoms with E-state index in [0.29, 0.717) is 37.0 Å². The third kappa shape index (κ3) is 2.92. The Bertz CT molecular complexity index is 648. The zero-order valence-corrected chi connectivity index (χ0v) is 12.5. The monoisotopic (exact) mass is 307 g/mol. The minimum absolute atomic E-state index is 0.124. The van der Waals surface area contributed by atoms with Gasteiger partial charge in [0, 0.05) is 19.1 Å². The van der Waals surface area contributed by atoms with Gasteiger partial charge in [0.1, 0.15) is 12.4 Å². The molecule has 118 valence electrons. The first-order valence-electron chi connectivity index (χ1n) is 7.34. The van der Waals surface area contributed by atoms with E-state index in [9.17, 15) is 4.39 Å². The molecule has 1 fully saturated rings. The third-order valence-corrected chi connectivity index (χ3v) is 3.73. The number of nitrogens with zero attached hydrogens (tertiary/aromatic N) is 4. The second-order valence-electron chi connectivity index (χ2n) is 5.24. The quantitative estimate of drug-likeness (QED) is 0.904. The summed E-state index contributed by atoms with van der Waals surface area (Å²) in [4.78, 5) is 12.1. The number of aromatic nitrogens is 4. The van der Waals surface area contributed by atoms with Crippen LogP contribution in [0.4, 0.5) is 10.2 Å². The molecule has 0 unspecified atom stereocenters. The molecule has 0 bridgehead atoms. The van der Waals surface area contributed by atoms with Gasteiger partial charge in [0.15, 0.2) is 17.5 Å². The fourth-order valence-corrected chi connectivity index (χ4v) is 2.55. The van der Waals surface area contributed by atoms with Crippen molar-refractivity contribution in [3.63, 3.8) is 0 Å². The molecular formula is C14H18FN5O2. The topological polar surface area (TPSA) is 86.0 Å². The number of hydrogen-bond donors (Lipinski definition) is 1. The van der Waals surface area contributed by atoms with E-state index in [2.05, 4.69) is 25.4 Å². The van der Waals surface area contributed by atoms with Crippen molar-refractivity contribution in [2.24, 2.45) is 5.92 Å². The molecule has 0 aliphatic carbocycles. The first-order valence-corrected chi connectivity index (χ1v) is 7.34. The molecule has 7 nitrogen and oxygen atoms in total. The fraction of sp³-hybridized carbons (Fsp3) is 0.571. The average molecular weight is 307 g/mol. The van der Waals surface area contributed by atoms with Crippen LogP contribution in [0.5, 0.6) is 0 Å². The van der Waals surface area contributed by atoms with Crippen molar-refractivity contribution in [3.05, 3.63) is 29.6 Å². The van der Waals surface area contributed by atoms with E-state index < -0.39 is 5.82 Å². The van der Waals surface area contributed by atoms with Crippen LogP contribution in [0.1, 0.15) is 36.9 Å². The Kier molecular flexibility index (Phi) is 4.28. The summed E-state index contributed by atoms with van der Waals surface area (Å²) in [5, 5.41) is 6.82. The standard InChI is InChI=1S/C14H18FN5O2/c1-3-10-11(15)13(18-7-17-10)16-6-9-4-5-21-12(9)14-19-8(2)20-22-14/h7,9,12H,3-6H2,1-2H3,(H,16,17,18)/t9-,12-/m0/s1. The van der Waals surface area contributed by atoms with Gasteiger partial charge in [-0.2, -0.15) is 4.98 Å². The van der Waals surface area contributed by atoms with E-state index in [1.165, 1.54) is 6.33 Å². The highest BCUT2D eigenvalue weighted by Crippen LogP contribution is 2.33. The molecule has 0 radical (unpaired) electrons.